The van der Waals surface area contributed by atoms with Crippen molar-refractivity contribution >= 4 is 0 Å². The van der Waals surface area contributed by atoms with Gasteiger partial charge in [-0.15, -0.1) is 0 Å². The van der Waals surface area contributed by atoms with Gasteiger partial charge in [0.2, 0.25) is 0 Å². The third-order valence-electron chi connectivity index (χ3n) is 3.06. The Hall–Kier alpha value is -0.860. The summed E-state index contributed by atoms with van der Waals surface area (Å²) in [6.07, 6.45) is 0.865. The average molecular weight is 191 g/mol. The molecular formula is C12H17NO. The van der Waals surface area contributed by atoms with Crippen LogP contribution in [0.3, 0.4) is 0 Å². The SMILES string of the molecule is Cc1cccc2c1CNCC2CCO. The lowest BCUT2D eigenvalue weighted by Gasteiger charge is -2.27. The molecule has 1 aromatic rings. The van der Waals surface area contributed by atoms with E-state index in [9.17, 15) is 0 Å². The van der Waals surface area contributed by atoms with Crippen LogP contribution in [0.1, 0.15) is 29.0 Å². The first-order valence-electron chi connectivity index (χ1n) is 5.23. The molecule has 0 aliphatic carbocycles. The van der Waals surface area contributed by atoms with Gasteiger partial charge in [-0.05, 0) is 36.0 Å². The molecule has 0 aromatic heterocycles. The van der Waals surface area contributed by atoms with Gasteiger partial charge in [-0.2, -0.15) is 0 Å². The van der Waals surface area contributed by atoms with Gasteiger partial charge in [0, 0.05) is 19.7 Å². The van der Waals surface area contributed by atoms with Gasteiger partial charge in [0.25, 0.3) is 0 Å². The molecule has 2 heteroatoms. The summed E-state index contributed by atoms with van der Waals surface area (Å²) in [6, 6.07) is 6.47. The zero-order valence-electron chi connectivity index (χ0n) is 8.59. The minimum atomic E-state index is 0.278. The summed E-state index contributed by atoms with van der Waals surface area (Å²) in [6.45, 7) is 4.41. The predicted octanol–water partition coefficient (Wildman–Crippen LogP) is 1.56. The first-order valence-corrected chi connectivity index (χ1v) is 5.23. The Morgan fingerprint density at radius 1 is 1.50 bits per heavy atom. The Kier molecular flexibility index (Phi) is 2.85. The molecule has 76 valence electrons. The fourth-order valence-electron chi connectivity index (χ4n) is 2.24. The van der Waals surface area contributed by atoms with E-state index in [1.54, 1.807) is 0 Å². The third kappa shape index (κ3) is 1.68. The second kappa shape index (κ2) is 4.11. The van der Waals surface area contributed by atoms with Crippen LogP contribution >= 0.6 is 0 Å². The van der Waals surface area contributed by atoms with Crippen LogP contribution in [-0.4, -0.2) is 18.3 Å². The Morgan fingerprint density at radius 3 is 3.14 bits per heavy atom. The summed E-state index contributed by atoms with van der Waals surface area (Å²) in [5.41, 5.74) is 4.22. The molecule has 2 nitrogen and oxygen atoms in total. The molecule has 0 radical (unpaired) electrons. The third-order valence-corrected chi connectivity index (χ3v) is 3.06. The van der Waals surface area contributed by atoms with Crippen molar-refractivity contribution in [3.05, 3.63) is 34.9 Å². The maximum Gasteiger partial charge on any atom is 0.0437 e. The Bertz CT molecular complexity index is 322. The zero-order chi connectivity index (χ0) is 9.97. The van der Waals surface area contributed by atoms with Crippen molar-refractivity contribution in [2.45, 2.75) is 25.8 Å². The maximum absolute atomic E-state index is 8.99. The van der Waals surface area contributed by atoms with Crippen molar-refractivity contribution in [3.63, 3.8) is 0 Å². The Labute approximate surface area is 85.0 Å². The fourth-order valence-corrected chi connectivity index (χ4v) is 2.24. The molecule has 1 atom stereocenters. The highest BCUT2D eigenvalue weighted by Crippen LogP contribution is 2.28. The summed E-state index contributed by atoms with van der Waals surface area (Å²) in [5, 5.41) is 12.4. The quantitative estimate of drug-likeness (QED) is 0.743. The smallest absolute Gasteiger partial charge is 0.0437 e. The molecule has 2 rings (SSSR count). The number of fused-ring (bicyclic) bond motifs is 1. The Balaban J connectivity index is 2.34. The molecule has 1 unspecified atom stereocenters. The van der Waals surface area contributed by atoms with E-state index in [0.717, 1.165) is 19.5 Å². The van der Waals surface area contributed by atoms with E-state index < -0.39 is 0 Å². The van der Waals surface area contributed by atoms with Gasteiger partial charge in [0.1, 0.15) is 0 Å². The van der Waals surface area contributed by atoms with Crippen molar-refractivity contribution in [1.82, 2.24) is 5.32 Å². The van der Waals surface area contributed by atoms with Crippen LogP contribution in [0.2, 0.25) is 0 Å². The average Bonchev–Trinajstić information content (AvgIpc) is 2.20. The molecule has 0 amide bonds. The summed E-state index contributed by atoms with van der Waals surface area (Å²) in [7, 11) is 0. The van der Waals surface area contributed by atoms with Crippen LogP contribution in [0.5, 0.6) is 0 Å². The number of hydrogen-bond acceptors (Lipinski definition) is 2. The van der Waals surface area contributed by atoms with E-state index in [1.165, 1.54) is 16.7 Å². The molecule has 0 bridgehead atoms. The summed E-state index contributed by atoms with van der Waals surface area (Å²) in [4.78, 5) is 0. The molecule has 2 N–H and O–H groups in total. The lowest BCUT2D eigenvalue weighted by Crippen LogP contribution is -2.29. The van der Waals surface area contributed by atoms with E-state index in [4.69, 9.17) is 5.11 Å². The Morgan fingerprint density at radius 2 is 2.36 bits per heavy atom. The van der Waals surface area contributed by atoms with E-state index >= 15 is 0 Å². The van der Waals surface area contributed by atoms with Gasteiger partial charge in [0.05, 0.1) is 0 Å². The second-order valence-corrected chi connectivity index (χ2v) is 3.98. The van der Waals surface area contributed by atoms with Gasteiger partial charge in [-0.25, -0.2) is 0 Å². The van der Waals surface area contributed by atoms with Crippen LogP contribution < -0.4 is 5.32 Å². The minimum Gasteiger partial charge on any atom is -0.396 e. The minimum absolute atomic E-state index is 0.278. The fraction of sp³-hybridized carbons (Fsp3) is 0.500. The van der Waals surface area contributed by atoms with Crippen molar-refractivity contribution in [3.8, 4) is 0 Å². The molecule has 1 aromatic carbocycles. The number of hydrogen-bond donors (Lipinski definition) is 2. The van der Waals surface area contributed by atoms with E-state index in [-0.39, 0.29) is 6.61 Å². The van der Waals surface area contributed by atoms with Crippen LogP contribution in [0, 0.1) is 6.92 Å². The highest BCUT2D eigenvalue weighted by molar-refractivity contribution is 5.38. The maximum atomic E-state index is 8.99. The lowest BCUT2D eigenvalue weighted by atomic mass is 9.87. The van der Waals surface area contributed by atoms with E-state index in [0.29, 0.717) is 5.92 Å². The molecule has 0 fully saturated rings. The molecule has 1 heterocycles. The largest absolute Gasteiger partial charge is 0.396 e. The topological polar surface area (TPSA) is 32.3 Å². The van der Waals surface area contributed by atoms with Crippen molar-refractivity contribution in [1.29, 1.82) is 0 Å². The molecule has 14 heavy (non-hydrogen) atoms. The zero-order valence-corrected chi connectivity index (χ0v) is 8.59. The van der Waals surface area contributed by atoms with Crippen molar-refractivity contribution in [2.24, 2.45) is 0 Å². The standard InChI is InChI=1S/C12H17NO/c1-9-3-2-4-11-10(5-6-14)7-13-8-12(9)11/h2-4,10,13-14H,5-8H2,1H3. The highest BCUT2D eigenvalue weighted by Gasteiger charge is 2.19. The summed E-state index contributed by atoms with van der Waals surface area (Å²) < 4.78 is 0. The van der Waals surface area contributed by atoms with Gasteiger partial charge in [-0.3, -0.25) is 0 Å². The normalized spacial score (nSPS) is 20.6. The van der Waals surface area contributed by atoms with Crippen LogP contribution in [-0.2, 0) is 6.54 Å². The first-order chi connectivity index (χ1) is 6.83. The van der Waals surface area contributed by atoms with Crippen LogP contribution in [0.25, 0.3) is 0 Å². The number of benzene rings is 1. The second-order valence-electron chi connectivity index (χ2n) is 3.98. The van der Waals surface area contributed by atoms with Crippen LogP contribution in [0.15, 0.2) is 18.2 Å². The van der Waals surface area contributed by atoms with Crippen molar-refractivity contribution in [2.75, 3.05) is 13.2 Å². The summed E-state index contributed by atoms with van der Waals surface area (Å²) in [5.74, 6) is 0.489. The molecule has 0 saturated heterocycles. The molecule has 1 aliphatic heterocycles. The number of rotatable bonds is 2. The monoisotopic (exact) mass is 191 g/mol. The van der Waals surface area contributed by atoms with Crippen molar-refractivity contribution < 1.29 is 5.11 Å². The van der Waals surface area contributed by atoms with Gasteiger partial charge < -0.3 is 10.4 Å². The van der Waals surface area contributed by atoms with Gasteiger partial charge >= 0.3 is 0 Å². The molecule has 0 spiro atoms. The molecule has 1 aliphatic rings. The van der Waals surface area contributed by atoms with Crippen LogP contribution in [0.4, 0.5) is 0 Å². The number of aliphatic hydroxyl groups excluding tert-OH is 1. The van der Waals surface area contributed by atoms with E-state index in [2.05, 4.69) is 30.4 Å². The highest BCUT2D eigenvalue weighted by atomic mass is 16.3. The molecule has 0 saturated carbocycles. The first kappa shape index (κ1) is 9.69. The van der Waals surface area contributed by atoms with E-state index in [1.807, 2.05) is 0 Å². The predicted molar refractivity (Wildman–Crippen MR) is 57.3 cm³/mol. The lowest BCUT2D eigenvalue weighted by molar-refractivity contribution is 0.271. The number of aryl methyl sites for hydroxylation is 1. The number of nitrogens with one attached hydrogen (secondary N) is 1. The summed E-state index contributed by atoms with van der Waals surface area (Å²) >= 11 is 0. The number of aliphatic hydroxyl groups is 1. The molecular weight excluding hydrogens is 174 g/mol. The van der Waals surface area contributed by atoms with Gasteiger partial charge in [-0.1, -0.05) is 18.2 Å². The van der Waals surface area contributed by atoms with Gasteiger partial charge in [0.15, 0.2) is 0 Å².